The molecule has 1 heterocycles. The molecule has 26 heavy (non-hydrogen) atoms. The molecule has 134 valence electrons. The largest absolute Gasteiger partial charge is 0.325 e. The van der Waals surface area contributed by atoms with E-state index in [1.165, 1.54) is 0 Å². The van der Waals surface area contributed by atoms with Gasteiger partial charge in [0, 0.05) is 5.56 Å². The fourth-order valence-electron chi connectivity index (χ4n) is 3.19. The molecule has 1 fully saturated rings. The second-order valence-electron chi connectivity index (χ2n) is 7.05. The van der Waals surface area contributed by atoms with E-state index >= 15 is 0 Å². The molecule has 5 nitrogen and oxygen atoms in total. The summed E-state index contributed by atoms with van der Waals surface area (Å²) < 4.78 is 0. The lowest BCUT2D eigenvalue weighted by molar-refractivity contribution is -0.130. The summed E-state index contributed by atoms with van der Waals surface area (Å²) in [5, 5.41) is 2.73. The van der Waals surface area contributed by atoms with Crippen molar-refractivity contribution in [2.45, 2.75) is 33.2 Å². The second kappa shape index (κ2) is 6.41. The molecule has 0 spiro atoms. The Balaban J connectivity index is 1.86. The number of amides is 3. The Bertz CT molecular complexity index is 902. The molecular weight excluding hydrogens is 328 g/mol. The van der Waals surface area contributed by atoms with Gasteiger partial charge < -0.3 is 5.32 Å². The molecule has 5 heteroatoms. The van der Waals surface area contributed by atoms with E-state index < -0.39 is 17.5 Å². The lowest BCUT2D eigenvalue weighted by Crippen LogP contribution is -2.41. The van der Waals surface area contributed by atoms with Crippen LogP contribution in [0.15, 0.2) is 42.5 Å². The predicted molar refractivity (Wildman–Crippen MR) is 99.0 cm³/mol. The van der Waals surface area contributed by atoms with Crippen molar-refractivity contribution >= 4 is 17.7 Å². The summed E-state index contributed by atoms with van der Waals surface area (Å²) in [5.41, 5.74) is 2.93. The summed E-state index contributed by atoms with van der Waals surface area (Å²) in [6.45, 7) is 7.10. The number of nitrogens with one attached hydrogen (secondary N) is 1. The SMILES string of the molecule is Cc1ccc([C@@]2(C)NC(=O)N(CC(=O)c3cc(C)ccc3C)C2=O)cc1. The Morgan fingerprint density at radius 3 is 2.27 bits per heavy atom. The van der Waals surface area contributed by atoms with Crippen LogP contribution in [0.2, 0.25) is 0 Å². The van der Waals surface area contributed by atoms with E-state index in [1.807, 2.05) is 57.2 Å². The normalized spacial score (nSPS) is 19.6. The number of ketones is 1. The summed E-state index contributed by atoms with van der Waals surface area (Å²) in [6, 6.07) is 12.5. The number of Topliss-reactive ketones (excluding diaryl/α,β-unsaturated/α-hetero) is 1. The minimum atomic E-state index is -1.16. The molecule has 0 radical (unpaired) electrons. The third-order valence-corrected chi connectivity index (χ3v) is 4.90. The average Bonchev–Trinajstić information content (AvgIpc) is 2.81. The van der Waals surface area contributed by atoms with Crippen molar-refractivity contribution in [2.24, 2.45) is 0 Å². The average molecular weight is 350 g/mol. The molecule has 1 aliphatic rings. The smallest absolute Gasteiger partial charge is 0.319 e. The van der Waals surface area contributed by atoms with Crippen molar-refractivity contribution < 1.29 is 14.4 Å². The molecule has 1 N–H and O–H groups in total. The van der Waals surface area contributed by atoms with Gasteiger partial charge in [-0.15, -0.1) is 0 Å². The maximum Gasteiger partial charge on any atom is 0.325 e. The van der Waals surface area contributed by atoms with Crippen molar-refractivity contribution in [3.05, 3.63) is 70.3 Å². The van der Waals surface area contributed by atoms with Crippen LogP contribution >= 0.6 is 0 Å². The molecule has 1 atom stereocenters. The zero-order valence-corrected chi connectivity index (χ0v) is 15.4. The molecule has 3 amide bonds. The van der Waals surface area contributed by atoms with Crippen LogP contribution < -0.4 is 5.32 Å². The summed E-state index contributed by atoms with van der Waals surface area (Å²) >= 11 is 0. The number of urea groups is 1. The van der Waals surface area contributed by atoms with E-state index in [1.54, 1.807) is 13.0 Å². The Morgan fingerprint density at radius 2 is 1.62 bits per heavy atom. The second-order valence-corrected chi connectivity index (χ2v) is 7.05. The van der Waals surface area contributed by atoms with Crippen LogP contribution in [0.25, 0.3) is 0 Å². The van der Waals surface area contributed by atoms with Gasteiger partial charge in [0.15, 0.2) is 5.78 Å². The van der Waals surface area contributed by atoms with Gasteiger partial charge in [-0.1, -0.05) is 47.5 Å². The number of hydrogen-bond donors (Lipinski definition) is 1. The summed E-state index contributed by atoms with van der Waals surface area (Å²) in [6.07, 6.45) is 0. The summed E-state index contributed by atoms with van der Waals surface area (Å²) in [7, 11) is 0. The van der Waals surface area contributed by atoms with Crippen molar-refractivity contribution in [1.29, 1.82) is 0 Å². The maximum atomic E-state index is 12.9. The number of imide groups is 1. The highest BCUT2D eigenvalue weighted by Gasteiger charge is 2.49. The first kappa shape index (κ1) is 17.9. The van der Waals surface area contributed by atoms with Crippen LogP contribution in [0.1, 0.15) is 39.5 Å². The van der Waals surface area contributed by atoms with E-state index in [4.69, 9.17) is 0 Å². The first-order chi connectivity index (χ1) is 12.2. The summed E-state index contributed by atoms with van der Waals surface area (Å²) in [5.74, 6) is -0.659. The Hall–Kier alpha value is -2.95. The highest BCUT2D eigenvalue weighted by Crippen LogP contribution is 2.29. The van der Waals surface area contributed by atoms with Gasteiger partial charge in [0.2, 0.25) is 0 Å². The Kier molecular flexibility index (Phi) is 4.40. The molecule has 0 bridgehead atoms. The van der Waals surface area contributed by atoms with Crippen molar-refractivity contribution in [3.63, 3.8) is 0 Å². The summed E-state index contributed by atoms with van der Waals surface area (Å²) in [4.78, 5) is 39.0. The van der Waals surface area contributed by atoms with Gasteiger partial charge in [0.1, 0.15) is 5.54 Å². The van der Waals surface area contributed by atoms with Gasteiger partial charge in [0.25, 0.3) is 5.91 Å². The van der Waals surface area contributed by atoms with Crippen molar-refractivity contribution in [2.75, 3.05) is 6.54 Å². The molecule has 0 saturated carbocycles. The number of rotatable bonds is 4. The standard InChI is InChI=1S/C21H22N2O3/c1-13-6-9-16(10-7-13)21(4)19(25)23(20(26)22-21)12-18(24)17-11-14(2)5-8-15(17)3/h5-11H,12H2,1-4H3,(H,22,26)/t21-/m1/s1. The van der Waals surface area contributed by atoms with Gasteiger partial charge in [-0.25, -0.2) is 4.79 Å². The van der Waals surface area contributed by atoms with Crippen LogP contribution in [-0.2, 0) is 10.3 Å². The number of aryl methyl sites for hydroxylation is 3. The molecule has 2 aromatic rings. The zero-order chi connectivity index (χ0) is 19.1. The number of benzene rings is 2. The molecule has 0 aliphatic carbocycles. The minimum absolute atomic E-state index is 0.247. The molecule has 2 aromatic carbocycles. The Morgan fingerprint density at radius 1 is 1.00 bits per heavy atom. The zero-order valence-electron chi connectivity index (χ0n) is 15.4. The fraction of sp³-hybridized carbons (Fsp3) is 0.286. The molecule has 0 aromatic heterocycles. The molecular formula is C21H22N2O3. The third-order valence-electron chi connectivity index (χ3n) is 4.90. The molecule has 3 rings (SSSR count). The van der Waals surface area contributed by atoms with Crippen LogP contribution in [-0.4, -0.2) is 29.2 Å². The monoisotopic (exact) mass is 350 g/mol. The lowest BCUT2D eigenvalue weighted by Gasteiger charge is -2.22. The quantitative estimate of drug-likeness (QED) is 0.680. The first-order valence-corrected chi connectivity index (χ1v) is 8.54. The van der Waals surface area contributed by atoms with Gasteiger partial charge in [-0.05, 0) is 44.9 Å². The first-order valence-electron chi connectivity index (χ1n) is 8.54. The van der Waals surface area contributed by atoms with Gasteiger partial charge in [0.05, 0.1) is 6.54 Å². The van der Waals surface area contributed by atoms with Crippen LogP contribution in [0.3, 0.4) is 0 Å². The van der Waals surface area contributed by atoms with E-state index in [2.05, 4.69) is 5.32 Å². The number of nitrogens with zero attached hydrogens (tertiary/aromatic N) is 1. The van der Waals surface area contributed by atoms with E-state index in [-0.39, 0.29) is 12.3 Å². The Labute approximate surface area is 153 Å². The maximum absolute atomic E-state index is 12.9. The van der Waals surface area contributed by atoms with Crippen LogP contribution in [0.5, 0.6) is 0 Å². The molecule has 0 unspecified atom stereocenters. The number of carbonyl (C=O) groups excluding carboxylic acids is 3. The van der Waals surface area contributed by atoms with Crippen molar-refractivity contribution in [1.82, 2.24) is 10.2 Å². The number of hydrogen-bond acceptors (Lipinski definition) is 3. The fourth-order valence-corrected chi connectivity index (χ4v) is 3.19. The lowest BCUT2D eigenvalue weighted by atomic mass is 9.91. The minimum Gasteiger partial charge on any atom is -0.319 e. The predicted octanol–water partition coefficient (Wildman–Crippen LogP) is 3.26. The highest BCUT2D eigenvalue weighted by atomic mass is 16.2. The third kappa shape index (κ3) is 3.01. The van der Waals surface area contributed by atoms with Gasteiger partial charge >= 0.3 is 6.03 Å². The van der Waals surface area contributed by atoms with Gasteiger partial charge in [-0.2, -0.15) is 0 Å². The molecule has 1 aliphatic heterocycles. The van der Waals surface area contributed by atoms with Crippen LogP contribution in [0, 0.1) is 20.8 Å². The van der Waals surface area contributed by atoms with Crippen molar-refractivity contribution in [3.8, 4) is 0 Å². The van der Waals surface area contributed by atoms with E-state index in [0.29, 0.717) is 11.1 Å². The highest BCUT2D eigenvalue weighted by molar-refractivity contribution is 6.11. The van der Waals surface area contributed by atoms with Crippen LogP contribution in [0.4, 0.5) is 4.79 Å². The van der Waals surface area contributed by atoms with E-state index in [9.17, 15) is 14.4 Å². The molecule has 1 saturated heterocycles. The van der Waals surface area contributed by atoms with Gasteiger partial charge in [-0.3, -0.25) is 14.5 Å². The topological polar surface area (TPSA) is 66.5 Å². The van der Waals surface area contributed by atoms with E-state index in [0.717, 1.165) is 21.6 Å². The number of carbonyl (C=O) groups is 3.